The molecule has 2 aromatic carbocycles. The zero-order valence-corrected chi connectivity index (χ0v) is 14.9. The number of rotatable bonds is 4. The molecule has 8 nitrogen and oxygen atoms in total. The highest BCUT2D eigenvalue weighted by Gasteiger charge is 2.23. The van der Waals surface area contributed by atoms with E-state index in [1.54, 1.807) is 30.5 Å². The maximum absolute atomic E-state index is 12.5. The lowest BCUT2D eigenvalue weighted by Gasteiger charge is -2.05. The Labute approximate surface area is 157 Å². The molecule has 0 saturated heterocycles. The monoisotopic (exact) mass is 383 g/mol. The van der Waals surface area contributed by atoms with Crippen molar-refractivity contribution in [2.45, 2.75) is 6.92 Å². The van der Waals surface area contributed by atoms with Crippen LogP contribution in [0.15, 0.2) is 41.8 Å². The van der Waals surface area contributed by atoms with Gasteiger partial charge in [-0.2, -0.15) is 0 Å². The van der Waals surface area contributed by atoms with Crippen LogP contribution >= 0.6 is 11.3 Å². The van der Waals surface area contributed by atoms with Gasteiger partial charge in [0.25, 0.3) is 11.6 Å². The Kier molecular flexibility index (Phi) is 4.21. The first-order valence-corrected chi connectivity index (χ1v) is 8.82. The van der Waals surface area contributed by atoms with Crippen LogP contribution in [0.2, 0.25) is 0 Å². The molecule has 0 unspecified atom stereocenters. The molecule has 1 aliphatic heterocycles. The molecule has 1 N–H and O–H groups in total. The number of nitrogens with zero attached hydrogens (tertiary/aromatic N) is 2. The average molecular weight is 383 g/mol. The second kappa shape index (κ2) is 6.69. The molecule has 136 valence electrons. The summed E-state index contributed by atoms with van der Waals surface area (Å²) in [6, 6.07) is 10.1. The Hall–Kier alpha value is -3.46. The summed E-state index contributed by atoms with van der Waals surface area (Å²) in [4.78, 5) is 27.6. The number of nitro benzene ring substituents is 1. The summed E-state index contributed by atoms with van der Waals surface area (Å²) < 4.78 is 10.6. The van der Waals surface area contributed by atoms with Crippen LogP contribution in [0.4, 0.5) is 10.8 Å². The van der Waals surface area contributed by atoms with Gasteiger partial charge in [0.15, 0.2) is 16.6 Å². The van der Waals surface area contributed by atoms with Gasteiger partial charge in [0, 0.05) is 16.5 Å². The van der Waals surface area contributed by atoms with Crippen LogP contribution in [0, 0.1) is 17.0 Å². The lowest BCUT2D eigenvalue weighted by molar-refractivity contribution is -0.385. The summed E-state index contributed by atoms with van der Waals surface area (Å²) in [5, 5.41) is 16.0. The third-order valence-electron chi connectivity index (χ3n) is 4.06. The van der Waals surface area contributed by atoms with E-state index in [9.17, 15) is 14.9 Å². The molecule has 27 heavy (non-hydrogen) atoms. The number of hydrogen-bond donors (Lipinski definition) is 1. The number of hydrogen-bond acceptors (Lipinski definition) is 7. The lowest BCUT2D eigenvalue weighted by Crippen LogP contribution is -2.14. The molecule has 0 aliphatic carbocycles. The predicted octanol–water partition coefficient (Wildman–Crippen LogP) is 4.01. The molecule has 0 spiro atoms. The second-order valence-corrected chi connectivity index (χ2v) is 6.65. The Morgan fingerprint density at radius 1 is 1.26 bits per heavy atom. The maximum Gasteiger partial charge on any atom is 0.285 e. The van der Waals surface area contributed by atoms with E-state index in [1.165, 1.54) is 17.4 Å². The molecule has 4 rings (SSSR count). The van der Waals surface area contributed by atoms with Crippen molar-refractivity contribution in [3.63, 3.8) is 0 Å². The minimum Gasteiger partial charge on any atom is -0.454 e. The second-order valence-electron chi connectivity index (χ2n) is 5.79. The fourth-order valence-corrected chi connectivity index (χ4v) is 3.48. The zero-order chi connectivity index (χ0) is 19.0. The normalized spacial score (nSPS) is 12.0. The van der Waals surface area contributed by atoms with Gasteiger partial charge < -0.3 is 9.47 Å². The van der Waals surface area contributed by atoms with Gasteiger partial charge in [-0.3, -0.25) is 20.2 Å². The van der Waals surface area contributed by atoms with Crippen LogP contribution in [0.3, 0.4) is 0 Å². The minimum atomic E-state index is -0.572. The first kappa shape index (κ1) is 17.0. The van der Waals surface area contributed by atoms with Crippen LogP contribution in [0.1, 0.15) is 15.9 Å². The van der Waals surface area contributed by atoms with Crippen molar-refractivity contribution in [1.82, 2.24) is 4.98 Å². The number of para-hydroxylation sites is 1. The van der Waals surface area contributed by atoms with E-state index in [4.69, 9.17) is 9.47 Å². The molecule has 0 fully saturated rings. The number of thiazole rings is 1. The summed E-state index contributed by atoms with van der Waals surface area (Å²) in [5.41, 5.74) is 1.69. The highest BCUT2D eigenvalue weighted by atomic mass is 32.1. The molecule has 1 aliphatic rings. The number of anilines is 1. The number of benzene rings is 2. The van der Waals surface area contributed by atoms with E-state index in [1.807, 2.05) is 12.1 Å². The number of ether oxygens (including phenoxy) is 2. The number of aryl methyl sites for hydroxylation is 1. The number of amides is 1. The topological polar surface area (TPSA) is 104 Å². The van der Waals surface area contributed by atoms with Gasteiger partial charge >= 0.3 is 0 Å². The quantitative estimate of drug-likeness (QED) is 0.539. The molecule has 9 heteroatoms. The number of aromatic nitrogens is 1. The minimum absolute atomic E-state index is 0.000158. The Balaban J connectivity index is 1.58. The molecule has 2 heterocycles. The number of fused-ring (bicyclic) bond motifs is 1. The summed E-state index contributed by atoms with van der Waals surface area (Å²) in [6.45, 7) is 1.78. The van der Waals surface area contributed by atoms with Crippen molar-refractivity contribution in [2.75, 3.05) is 12.1 Å². The van der Waals surface area contributed by atoms with Gasteiger partial charge in [-0.05, 0) is 31.2 Å². The van der Waals surface area contributed by atoms with E-state index in [2.05, 4.69) is 10.3 Å². The number of nitro groups is 1. The molecular weight excluding hydrogens is 370 g/mol. The number of carbonyl (C=O) groups is 1. The standard InChI is InChI=1S/C18H13N3O5S/c1-10-3-2-4-12(16(10)21(23)24)17(22)20-18-19-13(8-27-18)11-5-6-14-15(7-11)26-9-25-14/h2-8H,9H2,1H3,(H,19,20,22). The van der Waals surface area contributed by atoms with Gasteiger partial charge in [-0.15, -0.1) is 11.3 Å². The highest BCUT2D eigenvalue weighted by molar-refractivity contribution is 7.14. The molecule has 0 atom stereocenters. The molecule has 0 radical (unpaired) electrons. The van der Waals surface area contributed by atoms with Crippen LogP contribution < -0.4 is 14.8 Å². The third kappa shape index (κ3) is 3.20. The van der Waals surface area contributed by atoms with E-state index in [0.717, 1.165) is 5.56 Å². The molecule has 0 saturated carbocycles. The fourth-order valence-electron chi connectivity index (χ4n) is 2.77. The van der Waals surface area contributed by atoms with Crippen molar-refractivity contribution < 1.29 is 19.2 Å². The Morgan fingerprint density at radius 2 is 2.07 bits per heavy atom. The highest BCUT2D eigenvalue weighted by Crippen LogP contribution is 2.36. The van der Waals surface area contributed by atoms with Gasteiger partial charge in [-0.1, -0.05) is 12.1 Å². The van der Waals surface area contributed by atoms with E-state index >= 15 is 0 Å². The van der Waals surface area contributed by atoms with Crippen molar-refractivity contribution in [3.05, 3.63) is 63.0 Å². The van der Waals surface area contributed by atoms with Crippen molar-refractivity contribution in [3.8, 4) is 22.8 Å². The van der Waals surface area contributed by atoms with Crippen LogP contribution in [-0.2, 0) is 0 Å². The van der Waals surface area contributed by atoms with Gasteiger partial charge in [-0.25, -0.2) is 4.98 Å². The van der Waals surface area contributed by atoms with Crippen molar-refractivity contribution in [1.29, 1.82) is 0 Å². The molecule has 1 amide bonds. The third-order valence-corrected chi connectivity index (χ3v) is 4.82. The van der Waals surface area contributed by atoms with Crippen LogP contribution in [0.25, 0.3) is 11.3 Å². The summed E-state index contributed by atoms with van der Waals surface area (Å²) in [5.74, 6) is 0.743. The Bertz CT molecular complexity index is 1060. The van der Waals surface area contributed by atoms with Crippen LogP contribution in [-0.4, -0.2) is 22.6 Å². The SMILES string of the molecule is Cc1cccc(C(=O)Nc2nc(-c3ccc4c(c3)OCO4)cs2)c1[N+](=O)[O-]. The van der Waals surface area contributed by atoms with Gasteiger partial charge in [0.2, 0.25) is 6.79 Å². The molecular formula is C18H13N3O5S. The first-order chi connectivity index (χ1) is 13.0. The number of carbonyl (C=O) groups excluding carboxylic acids is 1. The first-order valence-electron chi connectivity index (χ1n) is 7.94. The van der Waals surface area contributed by atoms with Crippen molar-refractivity contribution >= 4 is 28.1 Å². The summed E-state index contributed by atoms with van der Waals surface area (Å²) >= 11 is 1.23. The summed E-state index contributed by atoms with van der Waals surface area (Å²) in [6.07, 6.45) is 0. The maximum atomic E-state index is 12.5. The van der Waals surface area contributed by atoms with Crippen molar-refractivity contribution in [2.24, 2.45) is 0 Å². The zero-order valence-electron chi connectivity index (χ0n) is 14.1. The van der Waals surface area contributed by atoms with Crippen LogP contribution in [0.5, 0.6) is 11.5 Å². The van der Waals surface area contributed by atoms with E-state index < -0.39 is 10.8 Å². The number of nitrogens with one attached hydrogen (secondary N) is 1. The van der Waals surface area contributed by atoms with Gasteiger partial charge in [0.1, 0.15) is 5.56 Å². The lowest BCUT2D eigenvalue weighted by atomic mass is 10.1. The van der Waals surface area contributed by atoms with E-state index in [0.29, 0.717) is 27.9 Å². The smallest absolute Gasteiger partial charge is 0.285 e. The molecule has 3 aromatic rings. The Morgan fingerprint density at radius 3 is 2.89 bits per heavy atom. The summed E-state index contributed by atoms with van der Waals surface area (Å²) in [7, 11) is 0. The molecule has 0 bridgehead atoms. The largest absolute Gasteiger partial charge is 0.454 e. The van der Waals surface area contributed by atoms with Gasteiger partial charge in [0.05, 0.1) is 10.6 Å². The predicted molar refractivity (Wildman–Crippen MR) is 99.5 cm³/mol. The van der Waals surface area contributed by atoms with E-state index in [-0.39, 0.29) is 18.0 Å². The fraction of sp³-hybridized carbons (Fsp3) is 0.111. The average Bonchev–Trinajstić information content (AvgIpc) is 3.29. The molecule has 1 aromatic heterocycles.